The number of fused-ring (bicyclic) bond motifs is 2. The molecule has 0 radical (unpaired) electrons. The molecule has 0 spiro atoms. The average molecular weight is 358 g/mol. The Morgan fingerprint density at radius 2 is 2.12 bits per heavy atom. The van der Waals surface area contributed by atoms with Crippen LogP contribution < -0.4 is 5.32 Å². The van der Waals surface area contributed by atoms with Crippen molar-refractivity contribution in [3.63, 3.8) is 0 Å². The van der Waals surface area contributed by atoms with Crippen LogP contribution in [0.25, 0.3) is 0 Å². The Bertz CT molecular complexity index is 712. The number of rotatable bonds is 5. The van der Waals surface area contributed by atoms with Crippen molar-refractivity contribution in [3.05, 3.63) is 22.9 Å². The van der Waals surface area contributed by atoms with Gasteiger partial charge in [-0.1, -0.05) is 18.2 Å². The molecule has 0 saturated heterocycles. The van der Waals surface area contributed by atoms with Crippen LogP contribution in [-0.4, -0.2) is 22.2 Å². The third-order valence-electron chi connectivity index (χ3n) is 5.89. The van der Waals surface area contributed by atoms with E-state index >= 15 is 0 Å². The second-order valence-corrected chi connectivity index (χ2v) is 9.10. The van der Waals surface area contributed by atoms with Gasteiger partial charge in [-0.3, -0.25) is 4.79 Å². The number of hydrogen-bond acceptors (Lipinski definition) is 4. The van der Waals surface area contributed by atoms with Crippen molar-refractivity contribution >= 4 is 17.7 Å². The maximum atomic E-state index is 12.6. The molecule has 4 nitrogen and oxygen atoms in total. The van der Waals surface area contributed by atoms with Gasteiger partial charge >= 0.3 is 0 Å². The molecule has 0 unspecified atom stereocenters. The Morgan fingerprint density at radius 3 is 2.72 bits per heavy atom. The summed E-state index contributed by atoms with van der Waals surface area (Å²) in [6.07, 6.45) is 5.33. The van der Waals surface area contributed by atoms with Crippen LogP contribution in [0.4, 0.5) is 0 Å². The van der Waals surface area contributed by atoms with Crippen molar-refractivity contribution < 1.29 is 4.79 Å². The van der Waals surface area contributed by atoms with E-state index in [1.54, 1.807) is 0 Å². The molecule has 5 heteroatoms. The van der Waals surface area contributed by atoms with Gasteiger partial charge in [0.1, 0.15) is 11.1 Å². The third-order valence-corrected chi connectivity index (χ3v) is 6.97. The van der Waals surface area contributed by atoms with E-state index in [0.717, 1.165) is 23.1 Å². The first kappa shape index (κ1) is 18.3. The second-order valence-electron chi connectivity index (χ2n) is 7.77. The topological polar surface area (TPSA) is 65.8 Å². The van der Waals surface area contributed by atoms with Crippen LogP contribution in [0.2, 0.25) is 0 Å². The molecule has 2 aliphatic rings. The predicted octanol–water partition coefficient (Wildman–Crippen LogP) is 3.99. The minimum atomic E-state index is -0.262. The highest BCUT2D eigenvalue weighted by molar-refractivity contribution is 8.00. The van der Waals surface area contributed by atoms with Gasteiger partial charge in [0.15, 0.2) is 0 Å². The fourth-order valence-electron chi connectivity index (χ4n) is 4.60. The number of aryl methyl sites for hydroxylation is 2. The number of amides is 1. The highest BCUT2D eigenvalue weighted by atomic mass is 32.2. The third kappa shape index (κ3) is 3.84. The van der Waals surface area contributed by atoms with Crippen LogP contribution in [0.1, 0.15) is 56.4 Å². The SMILES string of the molecule is Cc1cc(C)c(C#N)c(S[C@H](C)C(=O)N[C@H](C)[C@@H]2C[C@H]3CC[C@H]2C3)n1. The molecule has 2 fully saturated rings. The highest BCUT2D eigenvalue weighted by Crippen LogP contribution is 2.49. The first-order chi connectivity index (χ1) is 11.9. The van der Waals surface area contributed by atoms with E-state index < -0.39 is 0 Å². The number of nitrogens with zero attached hydrogens (tertiary/aromatic N) is 2. The Morgan fingerprint density at radius 1 is 1.36 bits per heavy atom. The number of pyridine rings is 1. The molecule has 5 atom stereocenters. The average Bonchev–Trinajstić information content (AvgIpc) is 3.17. The standard InChI is InChI=1S/C20H27N3OS/c1-11-7-12(2)22-20(18(11)10-21)25-14(4)19(24)23-13(3)17-9-15-5-6-16(17)8-15/h7,13-17H,5-6,8-9H2,1-4H3,(H,23,24)/t13-,14-,15+,16+,17+/m1/s1. The molecular formula is C20H27N3OS. The number of aromatic nitrogens is 1. The molecular weight excluding hydrogens is 330 g/mol. The van der Waals surface area contributed by atoms with Crippen LogP contribution in [0, 0.1) is 42.9 Å². The van der Waals surface area contributed by atoms with E-state index in [1.807, 2.05) is 26.8 Å². The van der Waals surface area contributed by atoms with Crippen molar-refractivity contribution in [2.75, 3.05) is 0 Å². The van der Waals surface area contributed by atoms with E-state index in [4.69, 9.17) is 0 Å². The molecule has 2 saturated carbocycles. The van der Waals surface area contributed by atoms with Crippen molar-refractivity contribution in [1.29, 1.82) is 5.26 Å². The zero-order valence-electron chi connectivity index (χ0n) is 15.5. The van der Waals surface area contributed by atoms with Crippen LogP contribution in [0.5, 0.6) is 0 Å². The lowest BCUT2D eigenvalue weighted by Crippen LogP contribution is -2.43. The van der Waals surface area contributed by atoms with Gasteiger partial charge in [0.25, 0.3) is 0 Å². The van der Waals surface area contributed by atoms with Gasteiger partial charge in [-0.15, -0.1) is 0 Å². The summed E-state index contributed by atoms with van der Waals surface area (Å²) in [5.41, 5.74) is 2.37. The van der Waals surface area contributed by atoms with Crippen LogP contribution in [0.15, 0.2) is 11.1 Å². The van der Waals surface area contributed by atoms with Gasteiger partial charge in [0.2, 0.25) is 5.91 Å². The number of nitriles is 1. The summed E-state index contributed by atoms with van der Waals surface area (Å²) in [6, 6.07) is 4.36. The lowest BCUT2D eigenvalue weighted by Gasteiger charge is -2.29. The molecule has 1 amide bonds. The molecule has 1 aromatic heterocycles. The summed E-state index contributed by atoms with van der Waals surface area (Å²) < 4.78 is 0. The van der Waals surface area contributed by atoms with Crippen molar-refractivity contribution in [1.82, 2.24) is 10.3 Å². The van der Waals surface area contributed by atoms with Gasteiger partial charge in [-0.2, -0.15) is 5.26 Å². The zero-order chi connectivity index (χ0) is 18.1. The smallest absolute Gasteiger partial charge is 0.233 e. The van der Waals surface area contributed by atoms with Gasteiger partial charge in [-0.25, -0.2) is 4.98 Å². The lowest BCUT2D eigenvalue weighted by atomic mass is 9.84. The summed E-state index contributed by atoms with van der Waals surface area (Å²) in [6.45, 7) is 7.88. The second kappa shape index (κ2) is 7.37. The molecule has 3 rings (SSSR count). The highest BCUT2D eigenvalue weighted by Gasteiger charge is 2.42. The number of hydrogen-bond donors (Lipinski definition) is 1. The lowest BCUT2D eigenvalue weighted by molar-refractivity contribution is -0.121. The van der Waals surface area contributed by atoms with Gasteiger partial charge in [0, 0.05) is 11.7 Å². The van der Waals surface area contributed by atoms with Gasteiger partial charge < -0.3 is 5.32 Å². The monoisotopic (exact) mass is 357 g/mol. The molecule has 1 N–H and O–H groups in total. The maximum absolute atomic E-state index is 12.6. The van der Waals surface area contributed by atoms with Crippen LogP contribution >= 0.6 is 11.8 Å². The molecule has 0 aromatic carbocycles. The molecule has 1 heterocycles. The summed E-state index contributed by atoms with van der Waals surface area (Å²) in [7, 11) is 0. The first-order valence-electron chi connectivity index (χ1n) is 9.24. The maximum Gasteiger partial charge on any atom is 0.233 e. The Kier molecular flexibility index (Phi) is 5.38. The number of thioether (sulfide) groups is 1. The van der Waals surface area contributed by atoms with E-state index in [1.165, 1.54) is 37.4 Å². The molecule has 0 aliphatic heterocycles. The fourth-order valence-corrected chi connectivity index (χ4v) is 5.63. The quantitative estimate of drug-likeness (QED) is 0.809. The van der Waals surface area contributed by atoms with Gasteiger partial charge in [-0.05, 0) is 76.3 Å². The first-order valence-corrected chi connectivity index (χ1v) is 10.1. The van der Waals surface area contributed by atoms with Crippen molar-refractivity contribution in [2.24, 2.45) is 17.8 Å². The largest absolute Gasteiger partial charge is 0.352 e. The van der Waals surface area contributed by atoms with E-state index in [9.17, 15) is 10.1 Å². The molecule has 2 bridgehead atoms. The van der Waals surface area contributed by atoms with Crippen molar-refractivity contribution in [2.45, 2.75) is 69.7 Å². The van der Waals surface area contributed by atoms with Gasteiger partial charge in [0.05, 0.1) is 10.8 Å². The molecule has 1 aromatic rings. The summed E-state index contributed by atoms with van der Waals surface area (Å²) in [5, 5.41) is 13.0. The normalized spacial score (nSPS) is 26.9. The number of nitrogens with one attached hydrogen (secondary N) is 1. The molecule has 134 valence electrons. The van der Waals surface area contributed by atoms with E-state index in [-0.39, 0.29) is 17.2 Å². The zero-order valence-corrected chi connectivity index (χ0v) is 16.3. The summed E-state index contributed by atoms with van der Waals surface area (Å²) in [5.74, 6) is 2.37. The fraction of sp³-hybridized carbons (Fsp3) is 0.650. The minimum absolute atomic E-state index is 0.0464. The van der Waals surface area contributed by atoms with Crippen molar-refractivity contribution in [3.8, 4) is 6.07 Å². The summed E-state index contributed by atoms with van der Waals surface area (Å²) >= 11 is 1.39. The molecule has 25 heavy (non-hydrogen) atoms. The Hall–Kier alpha value is -1.54. The Labute approximate surface area is 154 Å². The van der Waals surface area contributed by atoms with Crippen LogP contribution in [0.3, 0.4) is 0 Å². The number of carbonyl (C=O) groups excluding carboxylic acids is 1. The summed E-state index contributed by atoms with van der Waals surface area (Å²) in [4.78, 5) is 17.1. The number of carbonyl (C=O) groups is 1. The Balaban J connectivity index is 1.62. The molecule has 2 aliphatic carbocycles. The predicted molar refractivity (Wildman–Crippen MR) is 100 cm³/mol. The van der Waals surface area contributed by atoms with E-state index in [0.29, 0.717) is 16.5 Å². The van der Waals surface area contributed by atoms with Crippen LogP contribution in [-0.2, 0) is 4.79 Å². The van der Waals surface area contributed by atoms with E-state index in [2.05, 4.69) is 23.3 Å². The minimum Gasteiger partial charge on any atom is -0.352 e.